The molecular formula is C23H25N3O3S. The highest BCUT2D eigenvalue weighted by Gasteiger charge is 2.30. The number of hydrogen-bond donors (Lipinski definition) is 1. The SMILES string of the molecule is COc1ccccc1CC(=O)N1CCC(c2nc3sc4c(c3c(=O)[nH]2)CCCC4)C1. The summed E-state index contributed by atoms with van der Waals surface area (Å²) in [5, 5.41) is 0.792. The molecule has 1 aromatic carbocycles. The first-order valence-corrected chi connectivity index (χ1v) is 11.4. The summed E-state index contributed by atoms with van der Waals surface area (Å²) in [5.74, 6) is 1.61. The number of carbonyl (C=O) groups excluding carboxylic acids is 1. The number of hydrogen-bond acceptors (Lipinski definition) is 5. The Labute approximate surface area is 178 Å². The maximum Gasteiger partial charge on any atom is 0.259 e. The summed E-state index contributed by atoms with van der Waals surface area (Å²) in [6, 6.07) is 7.62. The molecule has 1 aliphatic heterocycles. The van der Waals surface area contributed by atoms with E-state index in [1.54, 1.807) is 18.4 Å². The van der Waals surface area contributed by atoms with Crippen molar-refractivity contribution in [3.63, 3.8) is 0 Å². The van der Waals surface area contributed by atoms with E-state index in [0.29, 0.717) is 19.5 Å². The van der Waals surface area contributed by atoms with Crippen LogP contribution in [0.2, 0.25) is 0 Å². The molecule has 1 unspecified atom stereocenters. The molecule has 0 spiro atoms. The molecule has 1 fully saturated rings. The van der Waals surface area contributed by atoms with Crippen LogP contribution in [0.15, 0.2) is 29.1 Å². The number of ether oxygens (including phenoxy) is 1. The van der Waals surface area contributed by atoms with Gasteiger partial charge >= 0.3 is 0 Å². The molecule has 1 amide bonds. The van der Waals surface area contributed by atoms with Crippen molar-refractivity contribution in [1.29, 1.82) is 0 Å². The number of likely N-dealkylation sites (tertiary alicyclic amines) is 1. The zero-order valence-electron chi connectivity index (χ0n) is 17.1. The van der Waals surface area contributed by atoms with Gasteiger partial charge in [0.25, 0.3) is 5.56 Å². The molecule has 3 aromatic rings. The van der Waals surface area contributed by atoms with Crippen LogP contribution in [0.25, 0.3) is 10.2 Å². The number of carbonyl (C=O) groups is 1. The molecule has 30 heavy (non-hydrogen) atoms. The van der Waals surface area contributed by atoms with E-state index >= 15 is 0 Å². The molecule has 0 bridgehead atoms. The third-order valence-electron chi connectivity index (χ3n) is 6.31. The zero-order valence-corrected chi connectivity index (χ0v) is 17.9. The Hall–Kier alpha value is -2.67. The van der Waals surface area contributed by atoms with Gasteiger partial charge in [0.1, 0.15) is 16.4 Å². The van der Waals surface area contributed by atoms with E-state index in [4.69, 9.17) is 9.72 Å². The van der Waals surface area contributed by atoms with Gasteiger partial charge in [-0.3, -0.25) is 9.59 Å². The van der Waals surface area contributed by atoms with Crippen LogP contribution in [0.1, 0.15) is 47.0 Å². The summed E-state index contributed by atoms with van der Waals surface area (Å²) in [6.45, 7) is 1.27. The van der Waals surface area contributed by atoms with Gasteiger partial charge in [-0.1, -0.05) is 18.2 Å². The standard InChI is InChI=1S/C23H25N3O3S/c1-29-17-8-4-2-6-14(17)12-19(27)26-11-10-15(13-26)21-24-22(28)20-16-7-3-5-9-18(16)30-23(20)25-21/h2,4,6,8,15H,3,5,7,9-13H2,1H3,(H,24,25,28). The minimum absolute atomic E-state index is 0.0202. The topological polar surface area (TPSA) is 75.3 Å². The number of thiophene rings is 1. The number of nitrogens with one attached hydrogen (secondary N) is 1. The zero-order chi connectivity index (χ0) is 20.7. The van der Waals surface area contributed by atoms with Gasteiger partial charge in [0.15, 0.2) is 0 Å². The van der Waals surface area contributed by atoms with Crippen LogP contribution in [0.5, 0.6) is 5.75 Å². The van der Waals surface area contributed by atoms with Crippen molar-refractivity contribution in [1.82, 2.24) is 14.9 Å². The van der Waals surface area contributed by atoms with Crippen LogP contribution in [-0.2, 0) is 24.1 Å². The smallest absolute Gasteiger partial charge is 0.259 e. The first-order chi connectivity index (χ1) is 14.6. The first-order valence-electron chi connectivity index (χ1n) is 10.6. The number of methoxy groups -OCH3 is 1. The average molecular weight is 424 g/mol. The number of H-pyrrole nitrogens is 1. The van der Waals surface area contributed by atoms with Crippen molar-refractivity contribution >= 4 is 27.5 Å². The number of para-hydroxylation sites is 1. The number of fused-ring (bicyclic) bond motifs is 3. The fourth-order valence-corrected chi connectivity index (χ4v) is 5.98. The number of rotatable bonds is 4. The Morgan fingerprint density at radius 1 is 1.30 bits per heavy atom. The average Bonchev–Trinajstić information content (AvgIpc) is 3.39. The fourth-order valence-electron chi connectivity index (χ4n) is 4.71. The predicted molar refractivity (Wildman–Crippen MR) is 118 cm³/mol. The number of aromatic amines is 1. The molecule has 5 rings (SSSR count). The quantitative estimate of drug-likeness (QED) is 0.698. The highest BCUT2D eigenvalue weighted by Crippen LogP contribution is 2.35. The third-order valence-corrected chi connectivity index (χ3v) is 7.49. The number of aryl methyl sites for hydroxylation is 2. The van der Waals surface area contributed by atoms with Gasteiger partial charge in [0, 0.05) is 29.4 Å². The van der Waals surface area contributed by atoms with E-state index < -0.39 is 0 Å². The lowest BCUT2D eigenvalue weighted by atomic mass is 9.97. The second-order valence-electron chi connectivity index (χ2n) is 8.16. The van der Waals surface area contributed by atoms with Crippen LogP contribution >= 0.6 is 11.3 Å². The normalized spacial score (nSPS) is 18.6. The molecule has 7 heteroatoms. The van der Waals surface area contributed by atoms with Crippen LogP contribution in [0.4, 0.5) is 0 Å². The number of benzene rings is 1. The lowest BCUT2D eigenvalue weighted by Crippen LogP contribution is -2.30. The van der Waals surface area contributed by atoms with E-state index in [9.17, 15) is 9.59 Å². The van der Waals surface area contributed by atoms with Gasteiger partial charge in [-0.2, -0.15) is 0 Å². The molecule has 0 radical (unpaired) electrons. The summed E-state index contributed by atoms with van der Waals surface area (Å²) in [6.07, 6.45) is 5.50. The minimum Gasteiger partial charge on any atom is -0.496 e. The minimum atomic E-state index is -0.0202. The van der Waals surface area contributed by atoms with E-state index in [1.807, 2.05) is 29.2 Å². The Balaban J connectivity index is 1.35. The van der Waals surface area contributed by atoms with Crippen molar-refractivity contribution < 1.29 is 9.53 Å². The highest BCUT2D eigenvalue weighted by atomic mass is 32.1. The Bertz CT molecular complexity index is 1170. The molecule has 1 saturated heterocycles. The van der Waals surface area contributed by atoms with Crippen molar-refractivity contribution in [2.75, 3.05) is 20.2 Å². The van der Waals surface area contributed by atoms with E-state index in [-0.39, 0.29) is 17.4 Å². The molecule has 6 nitrogen and oxygen atoms in total. The first kappa shape index (κ1) is 19.3. The van der Waals surface area contributed by atoms with E-state index in [2.05, 4.69) is 4.98 Å². The summed E-state index contributed by atoms with van der Waals surface area (Å²) in [4.78, 5) is 37.6. The van der Waals surface area contributed by atoms with Crippen LogP contribution in [0, 0.1) is 0 Å². The van der Waals surface area contributed by atoms with Crippen molar-refractivity contribution in [3.8, 4) is 5.75 Å². The lowest BCUT2D eigenvalue weighted by Gasteiger charge is -2.17. The lowest BCUT2D eigenvalue weighted by molar-refractivity contribution is -0.129. The number of amides is 1. The van der Waals surface area contributed by atoms with E-state index in [1.165, 1.54) is 16.9 Å². The fraction of sp³-hybridized carbons (Fsp3) is 0.435. The summed E-state index contributed by atoms with van der Waals surface area (Å²) < 4.78 is 5.37. The summed E-state index contributed by atoms with van der Waals surface area (Å²) in [5.41, 5.74) is 2.08. The summed E-state index contributed by atoms with van der Waals surface area (Å²) in [7, 11) is 1.62. The third kappa shape index (κ3) is 3.41. The Morgan fingerprint density at radius 3 is 3.00 bits per heavy atom. The number of aromatic nitrogens is 2. The van der Waals surface area contributed by atoms with Crippen molar-refractivity contribution in [3.05, 3.63) is 56.4 Å². The molecule has 1 atom stereocenters. The Morgan fingerprint density at radius 2 is 2.13 bits per heavy atom. The monoisotopic (exact) mass is 423 g/mol. The maximum absolute atomic E-state index is 12.9. The number of nitrogens with zero attached hydrogens (tertiary/aromatic N) is 2. The predicted octanol–water partition coefficient (Wildman–Crippen LogP) is 3.43. The largest absolute Gasteiger partial charge is 0.496 e. The molecule has 1 N–H and O–H groups in total. The van der Waals surface area contributed by atoms with Crippen LogP contribution in [-0.4, -0.2) is 41.0 Å². The van der Waals surface area contributed by atoms with Crippen LogP contribution in [0.3, 0.4) is 0 Å². The van der Waals surface area contributed by atoms with Gasteiger partial charge in [0.05, 0.1) is 18.9 Å². The van der Waals surface area contributed by atoms with Crippen molar-refractivity contribution in [2.45, 2.75) is 44.4 Å². The van der Waals surface area contributed by atoms with Gasteiger partial charge in [-0.25, -0.2) is 4.98 Å². The molecule has 2 aliphatic rings. The van der Waals surface area contributed by atoms with Crippen molar-refractivity contribution in [2.24, 2.45) is 0 Å². The molecule has 156 valence electrons. The van der Waals surface area contributed by atoms with Gasteiger partial charge in [-0.05, 0) is 43.7 Å². The molecule has 2 aromatic heterocycles. The van der Waals surface area contributed by atoms with Crippen LogP contribution < -0.4 is 10.3 Å². The second kappa shape index (κ2) is 7.87. The maximum atomic E-state index is 12.9. The van der Waals surface area contributed by atoms with E-state index in [0.717, 1.165) is 53.0 Å². The Kier molecular flexibility index (Phi) is 5.06. The van der Waals surface area contributed by atoms with Gasteiger partial charge in [0.2, 0.25) is 5.91 Å². The molecular weight excluding hydrogens is 398 g/mol. The molecule has 3 heterocycles. The van der Waals surface area contributed by atoms with Gasteiger partial charge in [-0.15, -0.1) is 11.3 Å². The second-order valence-corrected chi connectivity index (χ2v) is 9.24. The van der Waals surface area contributed by atoms with Gasteiger partial charge < -0.3 is 14.6 Å². The summed E-state index contributed by atoms with van der Waals surface area (Å²) >= 11 is 1.67. The molecule has 1 aliphatic carbocycles. The molecule has 0 saturated carbocycles. The highest BCUT2D eigenvalue weighted by molar-refractivity contribution is 7.18.